The van der Waals surface area contributed by atoms with Crippen LogP contribution in [0.1, 0.15) is 21.5 Å². The molecule has 1 fully saturated rings. The summed E-state index contributed by atoms with van der Waals surface area (Å²) in [6.45, 7) is 4.37. The van der Waals surface area contributed by atoms with Gasteiger partial charge >= 0.3 is 0 Å². The van der Waals surface area contributed by atoms with Crippen LogP contribution in [-0.4, -0.2) is 37.0 Å². The number of nitrogens with zero attached hydrogens (tertiary/aromatic N) is 1. The Labute approximate surface area is 137 Å². The molecule has 1 saturated heterocycles. The molecular weight excluding hydrogens is 298 g/mol. The van der Waals surface area contributed by atoms with Crippen LogP contribution in [0.25, 0.3) is 0 Å². The molecule has 1 aliphatic heterocycles. The van der Waals surface area contributed by atoms with Crippen LogP contribution in [0.3, 0.4) is 0 Å². The summed E-state index contributed by atoms with van der Waals surface area (Å²) in [6.07, 6.45) is 0. The Morgan fingerprint density at radius 1 is 0.955 bits per heavy atom. The number of hydrogen-bond acceptors (Lipinski definition) is 3. The molecule has 0 N–H and O–H groups in total. The van der Waals surface area contributed by atoms with Gasteiger partial charge in [0.15, 0.2) is 5.78 Å². The minimum atomic E-state index is 0. The highest BCUT2D eigenvalue weighted by molar-refractivity contribution is 6.09. The molecule has 0 aromatic heterocycles. The average molecular weight is 318 g/mol. The number of ketones is 1. The highest BCUT2D eigenvalue weighted by Gasteiger charge is 2.13. The number of ether oxygens (including phenoxy) is 1. The molecule has 0 unspecified atom stereocenters. The number of carbonyl (C=O) groups is 1. The van der Waals surface area contributed by atoms with Crippen molar-refractivity contribution in [2.24, 2.45) is 0 Å². The van der Waals surface area contributed by atoms with Gasteiger partial charge in [-0.05, 0) is 11.6 Å². The normalized spacial score (nSPS) is 15.1. The first-order valence-corrected chi connectivity index (χ1v) is 7.32. The lowest BCUT2D eigenvalue weighted by molar-refractivity contribution is 0.0342. The van der Waals surface area contributed by atoms with Gasteiger partial charge < -0.3 is 4.74 Å². The Balaban J connectivity index is 0.00000176. The smallest absolute Gasteiger partial charge is 0.193 e. The van der Waals surface area contributed by atoms with Gasteiger partial charge in [-0.25, -0.2) is 0 Å². The maximum Gasteiger partial charge on any atom is 0.193 e. The van der Waals surface area contributed by atoms with Gasteiger partial charge in [-0.2, -0.15) is 0 Å². The predicted molar refractivity (Wildman–Crippen MR) is 89.7 cm³/mol. The van der Waals surface area contributed by atoms with E-state index in [1.54, 1.807) is 0 Å². The van der Waals surface area contributed by atoms with Crippen molar-refractivity contribution in [1.29, 1.82) is 0 Å². The molecular formula is C18H20ClNO2. The van der Waals surface area contributed by atoms with E-state index in [1.165, 1.54) is 5.56 Å². The first-order chi connectivity index (χ1) is 10.3. The number of benzene rings is 2. The standard InChI is InChI=1S/C18H19NO2.ClH/c20-18(16-6-2-1-3-7-16)17-8-4-5-15(13-17)14-19-9-11-21-12-10-19;/h1-8,13H,9-12,14H2;1H. The SMILES string of the molecule is Cl.O=C(c1ccccc1)c1cccc(CN2CCOCC2)c1. The summed E-state index contributed by atoms with van der Waals surface area (Å²) < 4.78 is 5.36. The minimum Gasteiger partial charge on any atom is -0.379 e. The monoisotopic (exact) mass is 317 g/mol. The molecule has 2 aromatic rings. The van der Waals surface area contributed by atoms with Gasteiger partial charge in [-0.3, -0.25) is 9.69 Å². The van der Waals surface area contributed by atoms with Crippen molar-refractivity contribution in [3.8, 4) is 0 Å². The maximum absolute atomic E-state index is 12.5. The third kappa shape index (κ3) is 4.17. The van der Waals surface area contributed by atoms with E-state index in [4.69, 9.17) is 4.74 Å². The van der Waals surface area contributed by atoms with Crippen LogP contribution in [0.5, 0.6) is 0 Å². The lowest BCUT2D eigenvalue weighted by Crippen LogP contribution is -2.35. The van der Waals surface area contributed by atoms with Crippen LogP contribution in [0.15, 0.2) is 54.6 Å². The molecule has 0 atom stereocenters. The summed E-state index contributed by atoms with van der Waals surface area (Å²) in [7, 11) is 0. The van der Waals surface area contributed by atoms with Gasteiger partial charge in [0.1, 0.15) is 0 Å². The Kier molecular flexibility index (Phi) is 6.13. The van der Waals surface area contributed by atoms with Crippen LogP contribution in [0, 0.1) is 0 Å². The van der Waals surface area contributed by atoms with Gasteiger partial charge in [0.2, 0.25) is 0 Å². The molecule has 0 spiro atoms. The Bertz CT molecular complexity index is 609. The molecule has 3 rings (SSSR count). The molecule has 2 aromatic carbocycles. The zero-order chi connectivity index (χ0) is 14.5. The predicted octanol–water partition coefficient (Wildman–Crippen LogP) is 3.17. The molecule has 0 amide bonds. The molecule has 3 nitrogen and oxygen atoms in total. The van der Waals surface area contributed by atoms with Gasteiger partial charge in [0, 0.05) is 30.8 Å². The summed E-state index contributed by atoms with van der Waals surface area (Å²) in [5, 5.41) is 0. The van der Waals surface area contributed by atoms with E-state index in [1.807, 2.05) is 48.5 Å². The van der Waals surface area contributed by atoms with Crippen molar-refractivity contribution in [3.63, 3.8) is 0 Å². The first-order valence-electron chi connectivity index (χ1n) is 7.32. The molecule has 22 heavy (non-hydrogen) atoms. The molecule has 1 heterocycles. The Morgan fingerprint density at radius 2 is 1.64 bits per heavy atom. The average Bonchev–Trinajstić information content (AvgIpc) is 2.56. The number of morpholine rings is 1. The fraction of sp³-hybridized carbons (Fsp3) is 0.278. The van der Waals surface area contributed by atoms with Crippen LogP contribution in [0.4, 0.5) is 0 Å². The fourth-order valence-electron chi connectivity index (χ4n) is 2.58. The second-order valence-electron chi connectivity index (χ2n) is 5.28. The van der Waals surface area contributed by atoms with Gasteiger partial charge in [-0.15, -0.1) is 12.4 Å². The van der Waals surface area contributed by atoms with E-state index in [0.29, 0.717) is 0 Å². The fourth-order valence-corrected chi connectivity index (χ4v) is 2.58. The molecule has 0 saturated carbocycles. The van der Waals surface area contributed by atoms with Crippen molar-refractivity contribution in [3.05, 3.63) is 71.3 Å². The minimum absolute atomic E-state index is 0. The maximum atomic E-state index is 12.5. The number of carbonyl (C=O) groups excluding carboxylic acids is 1. The summed E-state index contributed by atoms with van der Waals surface area (Å²) in [6, 6.07) is 17.4. The zero-order valence-corrected chi connectivity index (χ0v) is 13.2. The third-order valence-electron chi connectivity index (χ3n) is 3.74. The van der Waals surface area contributed by atoms with Crippen molar-refractivity contribution in [1.82, 2.24) is 4.90 Å². The quantitative estimate of drug-likeness (QED) is 0.811. The summed E-state index contributed by atoms with van der Waals surface area (Å²) in [4.78, 5) is 14.8. The summed E-state index contributed by atoms with van der Waals surface area (Å²) >= 11 is 0. The molecule has 1 aliphatic rings. The lowest BCUT2D eigenvalue weighted by Gasteiger charge is -2.26. The van der Waals surface area contributed by atoms with E-state index < -0.39 is 0 Å². The molecule has 4 heteroatoms. The lowest BCUT2D eigenvalue weighted by atomic mass is 10.0. The number of hydrogen-bond donors (Lipinski definition) is 0. The van der Waals surface area contributed by atoms with Crippen LogP contribution in [0.2, 0.25) is 0 Å². The zero-order valence-electron chi connectivity index (χ0n) is 12.4. The second kappa shape index (κ2) is 8.08. The van der Waals surface area contributed by atoms with Gasteiger partial charge in [0.05, 0.1) is 13.2 Å². The highest BCUT2D eigenvalue weighted by Crippen LogP contribution is 2.14. The number of rotatable bonds is 4. The molecule has 0 radical (unpaired) electrons. The molecule has 0 bridgehead atoms. The van der Waals surface area contributed by atoms with Gasteiger partial charge in [-0.1, -0.05) is 48.5 Å². The van der Waals surface area contributed by atoms with E-state index in [0.717, 1.165) is 44.0 Å². The summed E-state index contributed by atoms with van der Waals surface area (Å²) in [5.41, 5.74) is 2.67. The highest BCUT2D eigenvalue weighted by atomic mass is 35.5. The van der Waals surface area contributed by atoms with Crippen LogP contribution >= 0.6 is 12.4 Å². The van der Waals surface area contributed by atoms with Crippen molar-refractivity contribution in [2.75, 3.05) is 26.3 Å². The summed E-state index contributed by atoms with van der Waals surface area (Å²) in [5.74, 6) is 0.0828. The van der Waals surface area contributed by atoms with Crippen molar-refractivity contribution >= 4 is 18.2 Å². The largest absolute Gasteiger partial charge is 0.379 e. The third-order valence-corrected chi connectivity index (χ3v) is 3.74. The molecule has 116 valence electrons. The Hall–Kier alpha value is -1.68. The first kappa shape index (κ1) is 16.7. The van der Waals surface area contributed by atoms with Crippen molar-refractivity contribution < 1.29 is 9.53 Å². The van der Waals surface area contributed by atoms with E-state index in [-0.39, 0.29) is 18.2 Å². The van der Waals surface area contributed by atoms with E-state index in [9.17, 15) is 4.79 Å². The van der Waals surface area contributed by atoms with Gasteiger partial charge in [0.25, 0.3) is 0 Å². The van der Waals surface area contributed by atoms with Crippen LogP contribution < -0.4 is 0 Å². The Morgan fingerprint density at radius 3 is 2.36 bits per heavy atom. The van der Waals surface area contributed by atoms with E-state index >= 15 is 0 Å². The van der Waals surface area contributed by atoms with E-state index in [2.05, 4.69) is 11.0 Å². The van der Waals surface area contributed by atoms with Crippen LogP contribution in [-0.2, 0) is 11.3 Å². The van der Waals surface area contributed by atoms with Crippen molar-refractivity contribution in [2.45, 2.75) is 6.54 Å². The number of halogens is 1. The topological polar surface area (TPSA) is 29.5 Å². The molecule has 0 aliphatic carbocycles. The second-order valence-corrected chi connectivity index (χ2v) is 5.28.